The molecule has 19 heavy (non-hydrogen) atoms. The molecule has 3 rings (SSSR count). The van der Waals surface area contributed by atoms with Crippen LogP contribution in [0, 0.1) is 0 Å². The standard InChI is InChI=1S/C11H13N7S/c1-2-6-3-13-8(19-6)5-14-9-7-4-15-18-10(7)17-11(12)16-9/h3-4H,2,5H2,1H3,(H4,12,14,15,16,17,18). The van der Waals surface area contributed by atoms with Crippen molar-refractivity contribution in [1.82, 2.24) is 25.1 Å². The summed E-state index contributed by atoms with van der Waals surface area (Å²) in [4.78, 5) is 13.9. The lowest BCUT2D eigenvalue weighted by Gasteiger charge is -2.04. The summed E-state index contributed by atoms with van der Waals surface area (Å²) in [7, 11) is 0. The molecule has 0 atom stereocenters. The Morgan fingerprint density at radius 2 is 2.26 bits per heavy atom. The number of aromatic nitrogens is 5. The number of nitrogens with one attached hydrogen (secondary N) is 2. The third-order valence-electron chi connectivity index (χ3n) is 2.68. The molecule has 0 aliphatic heterocycles. The van der Waals surface area contributed by atoms with Gasteiger partial charge in [-0.3, -0.25) is 5.10 Å². The van der Waals surface area contributed by atoms with Gasteiger partial charge in [0.2, 0.25) is 5.95 Å². The van der Waals surface area contributed by atoms with Gasteiger partial charge in [0.05, 0.1) is 18.1 Å². The molecule has 7 nitrogen and oxygen atoms in total. The van der Waals surface area contributed by atoms with E-state index in [4.69, 9.17) is 5.73 Å². The van der Waals surface area contributed by atoms with Crippen molar-refractivity contribution in [2.24, 2.45) is 0 Å². The number of aromatic amines is 1. The molecule has 0 spiro atoms. The van der Waals surface area contributed by atoms with E-state index >= 15 is 0 Å². The summed E-state index contributed by atoms with van der Waals surface area (Å²) in [6, 6.07) is 0. The van der Waals surface area contributed by atoms with Crippen molar-refractivity contribution in [3.63, 3.8) is 0 Å². The predicted octanol–water partition coefficient (Wildman–Crippen LogP) is 1.57. The SMILES string of the molecule is CCc1cnc(CNc2nc(N)nc3[nH]ncc23)s1. The molecule has 3 aromatic rings. The van der Waals surface area contributed by atoms with Gasteiger partial charge in [0.15, 0.2) is 5.65 Å². The largest absolute Gasteiger partial charge is 0.368 e. The maximum absolute atomic E-state index is 5.66. The Morgan fingerprint density at radius 1 is 1.37 bits per heavy atom. The van der Waals surface area contributed by atoms with Crippen LogP contribution in [0.4, 0.5) is 11.8 Å². The Kier molecular flexibility index (Phi) is 3.00. The summed E-state index contributed by atoms with van der Waals surface area (Å²) in [5, 5.41) is 11.8. The molecule has 0 bridgehead atoms. The maximum Gasteiger partial charge on any atom is 0.224 e. The Morgan fingerprint density at radius 3 is 3.05 bits per heavy atom. The van der Waals surface area contributed by atoms with E-state index in [9.17, 15) is 0 Å². The van der Waals surface area contributed by atoms with Crippen molar-refractivity contribution >= 4 is 34.1 Å². The van der Waals surface area contributed by atoms with Crippen molar-refractivity contribution in [2.75, 3.05) is 11.1 Å². The third kappa shape index (κ3) is 2.34. The van der Waals surface area contributed by atoms with Gasteiger partial charge in [0, 0.05) is 11.1 Å². The van der Waals surface area contributed by atoms with Crippen molar-refractivity contribution in [3.05, 3.63) is 22.3 Å². The van der Waals surface area contributed by atoms with Gasteiger partial charge in [0.1, 0.15) is 10.8 Å². The number of thiazole rings is 1. The zero-order chi connectivity index (χ0) is 13.2. The van der Waals surface area contributed by atoms with Crippen LogP contribution in [0.1, 0.15) is 16.8 Å². The van der Waals surface area contributed by atoms with Gasteiger partial charge in [-0.05, 0) is 6.42 Å². The number of aryl methyl sites for hydroxylation is 1. The minimum absolute atomic E-state index is 0.215. The molecule has 0 unspecified atom stereocenters. The minimum Gasteiger partial charge on any atom is -0.368 e. The predicted molar refractivity (Wildman–Crippen MR) is 74.9 cm³/mol. The van der Waals surface area contributed by atoms with Crippen LogP contribution in [0.25, 0.3) is 11.0 Å². The van der Waals surface area contributed by atoms with Crippen LogP contribution in [0.15, 0.2) is 12.4 Å². The molecule has 0 aliphatic rings. The van der Waals surface area contributed by atoms with Crippen LogP contribution < -0.4 is 11.1 Å². The van der Waals surface area contributed by atoms with Crippen LogP contribution in [0.2, 0.25) is 0 Å². The number of hydrogen-bond donors (Lipinski definition) is 3. The van der Waals surface area contributed by atoms with Gasteiger partial charge in [-0.15, -0.1) is 11.3 Å². The smallest absolute Gasteiger partial charge is 0.224 e. The molecule has 0 fully saturated rings. The highest BCUT2D eigenvalue weighted by Gasteiger charge is 2.08. The van der Waals surface area contributed by atoms with Crippen LogP contribution in [0.5, 0.6) is 0 Å². The second-order valence-corrected chi connectivity index (χ2v) is 5.19. The number of nitrogens with zero attached hydrogens (tertiary/aromatic N) is 4. The average Bonchev–Trinajstić information content (AvgIpc) is 3.03. The van der Waals surface area contributed by atoms with Crippen molar-refractivity contribution in [1.29, 1.82) is 0 Å². The molecule has 98 valence electrons. The van der Waals surface area contributed by atoms with Crippen molar-refractivity contribution < 1.29 is 0 Å². The molecule has 0 saturated heterocycles. The molecule has 0 amide bonds. The summed E-state index contributed by atoms with van der Waals surface area (Å²) in [5.74, 6) is 0.886. The van der Waals surface area contributed by atoms with Crippen LogP contribution in [0.3, 0.4) is 0 Å². The van der Waals surface area contributed by atoms with E-state index in [1.165, 1.54) is 4.88 Å². The Balaban J connectivity index is 1.83. The van der Waals surface area contributed by atoms with Gasteiger partial charge in [-0.1, -0.05) is 6.92 Å². The average molecular weight is 275 g/mol. The maximum atomic E-state index is 5.66. The van der Waals surface area contributed by atoms with Crippen molar-refractivity contribution in [3.8, 4) is 0 Å². The van der Waals surface area contributed by atoms with Gasteiger partial charge < -0.3 is 11.1 Å². The van der Waals surface area contributed by atoms with E-state index in [2.05, 4.69) is 37.4 Å². The minimum atomic E-state index is 0.215. The molecule has 8 heteroatoms. The summed E-state index contributed by atoms with van der Waals surface area (Å²) in [6.07, 6.45) is 4.59. The van der Waals surface area contributed by atoms with Crippen LogP contribution in [-0.2, 0) is 13.0 Å². The third-order valence-corrected chi connectivity index (χ3v) is 3.83. The van der Waals surface area contributed by atoms with E-state index in [1.54, 1.807) is 17.5 Å². The monoisotopic (exact) mass is 275 g/mol. The number of nitrogens with two attached hydrogens (primary N) is 1. The lowest BCUT2D eigenvalue weighted by Crippen LogP contribution is -2.04. The highest BCUT2D eigenvalue weighted by molar-refractivity contribution is 7.11. The molecule has 0 saturated carbocycles. The summed E-state index contributed by atoms with van der Waals surface area (Å²) < 4.78 is 0. The first-order chi connectivity index (χ1) is 9.26. The van der Waals surface area contributed by atoms with E-state index in [-0.39, 0.29) is 5.95 Å². The highest BCUT2D eigenvalue weighted by atomic mass is 32.1. The fourth-order valence-electron chi connectivity index (χ4n) is 1.74. The Hall–Kier alpha value is -2.22. The normalized spacial score (nSPS) is 11.0. The molecule has 0 aliphatic carbocycles. The summed E-state index contributed by atoms with van der Waals surface area (Å²) >= 11 is 1.69. The summed E-state index contributed by atoms with van der Waals surface area (Å²) in [5.41, 5.74) is 6.28. The van der Waals surface area contributed by atoms with E-state index in [0.717, 1.165) is 16.8 Å². The van der Waals surface area contributed by atoms with Gasteiger partial charge in [-0.25, -0.2) is 4.98 Å². The van der Waals surface area contributed by atoms with Crippen LogP contribution in [-0.4, -0.2) is 25.1 Å². The zero-order valence-corrected chi connectivity index (χ0v) is 11.2. The van der Waals surface area contributed by atoms with Crippen molar-refractivity contribution in [2.45, 2.75) is 19.9 Å². The fourth-order valence-corrected chi connectivity index (χ4v) is 2.54. The first-order valence-electron chi connectivity index (χ1n) is 5.90. The number of fused-ring (bicyclic) bond motifs is 1. The van der Waals surface area contributed by atoms with E-state index in [0.29, 0.717) is 18.0 Å². The highest BCUT2D eigenvalue weighted by Crippen LogP contribution is 2.20. The Bertz CT molecular complexity index is 702. The molecular weight excluding hydrogens is 262 g/mol. The molecule has 4 N–H and O–H groups in total. The number of anilines is 2. The molecular formula is C11H13N7S. The lowest BCUT2D eigenvalue weighted by atomic mass is 10.4. The lowest BCUT2D eigenvalue weighted by molar-refractivity contribution is 1.07. The summed E-state index contributed by atoms with van der Waals surface area (Å²) in [6.45, 7) is 2.73. The molecule has 0 aromatic carbocycles. The quantitative estimate of drug-likeness (QED) is 0.667. The van der Waals surface area contributed by atoms with Gasteiger partial charge in [-0.2, -0.15) is 15.1 Å². The second-order valence-electron chi connectivity index (χ2n) is 3.99. The number of rotatable bonds is 4. The number of H-pyrrole nitrogens is 1. The zero-order valence-electron chi connectivity index (χ0n) is 10.3. The van der Waals surface area contributed by atoms with E-state index < -0.39 is 0 Å². The van der Waals surface area contributed by atoms with Gasteiger partial charge in [0.25, 0.3) is 0 Å². The molecule has 3 aromatic heterocycles. The van der Waals surface area contributed by atoms with E-state index in [1.807, 2.05) is 6.20 Å². The van der Waals surface area contributed by atoms with Gasteiger partial charge >= 0.3 is 0 Å². The number of hydrogen-bond acceptors (Lipinski definition) is 7. The van der Waals surface area contributed by atoms with Crippen LogP contribution >= 0.6 is 11.3 Å². The first kappa shape index (κ1) is 11.8. The Labute approximate surface area is 113 Å². The fraction of sp³-hybridized carbons (Fsp3) is 0.273. The second kappa shape index (κ2) is 4.81. The topological polar surface area (TPSA) is 105 Å². The molecule has 3 heterocycles. The first-order valence-corrected chi connectivity index (χ1v) is 6.72. The number of nitrogen functional groups attached to an aromatic ring is 1. The molecule has 0 radical (unpaired) electrons.